The second kappa shape index (κ2) is 17.9. The van der Waals surface area contributed by atoms with Gasteiger partial charge in [-0.25, -0.2) is 0 Å². The van der Waals surface area contributed by atoms with E-state index in [1.165, 1.54) is 0 Å². The number of ether oxygens (including phenoxy) is 3. The van der Waals surface area contributed by atoms with Gasteiger partial charge in [-0.2, -0.15) is 0 Å². The number of likely N-dealkylation sites (tertiary alicyclic amines) is 1. The number of fused-ring (bicyclic) bond motifs is 1. The molecule has 11 nitrogen and oxygen atoms in total. The summed E-state index contributed by atoms with van der Waals surface area (Å²) < 4.78 is 18.5. The van der Waals surface area contributed by atoms with Gasteiger partial charge in [-0.1, -0.05) is 71.3 Å². The van der Waals surface area contributed by atoms with Crippen LogP contribution in [0.15, 0.2) is 79.9 Å². The molecule has 3 aliphatic rings. The van der Waals surface area contributed by atoms with Gasteiger partial charge in [0.05, 0.1) is 31.1 Å². The normalized spacial score (nSPS) is 25.3. The van der Waals surface area contributed by atoms with Crippen LogP contribution in [0.4, 0.5) is 5.69 Å². The van der Waals surface area contributed by atoms with Crippen molar-refractivity contribution in [1.29, 1.82) is 0 Å². The van der Waals surface area contributed by atoms with E-state index >= 15 is 0 Å². The maximum absolute atomic E-state index is 14.9. The molecule has 8 atom stereocenters. The van der Waals surface area contributed by atoms with Crippen LogP contribution in [-0.4, -0.2) is 101 Å². The molecule has 3 amide bonds. The topological polar surface area (TPSA) is 126 Å². The highest BCUT2D eigenvalue weighted by atomic mass is 79.9. The van der Waals surface area contributed by atoms with Gasteiger partial charge < -0.3 is 34.0 Å². The van der Waals surface area contributed by atoms with Gasteiger partial charge in [-0.05, 0) is 62.4 Å². The zero-order valence-corrected chi connectivity index (χ0v) is 32.5. The smallest absolute Gasteiger partial charge is 0.313 e. The van der Waals surface area contributed by atoms with E-state index in [1.54, 1.807) is 65.3 Å². The van der Waals surface area contributed by atoms with Crippen molar-refractivity contribution in [2.75, 3.05) is 38.8 Å². The molecule has 1 N–H and O–H groups in total. The van der Waals surface area contributed by atoms with E-state index in [1.807, 2.05) is 37.3 Å². The number of likely N-dealkylation sites (N-methyl/N-ethyl adjacent to an activating group) is 1. The Bertz CT molecular complexity index is 1620. The molecule has 12 heteroatoms. The summed E-state index contributed by atoms with van der Waals surface area (Å²) in [5.74, 6) is -2.68. The maximum Gasteiger partial charge on any atom is 0.313 e. The molecule has 1 unspecified atom stereocenters. The van der Waals surface area contributed by atoms with Crippen LogP contribution < -0.4 is 9.64 Å². The molecule has 0 aromatic heterocycles. The number of amides is 3. The minimum Gasteiger partial charge on any atom is -0.497 e. The van der Waals surface area contributed by atoms with Gasteiger partial charge >= 0.3 is 5.97 Å². The molecule has 2 aromatic rings. The quantitative estimate of drug-likeness (QED) is 0.0843. The number of carbonyl (C=O) groups excluding carboxylic acids is 4. The standard InChI is InChI=1S/C41H52BrN3O8/c1-6-8-18-32(47)43(4)27(3)35(28-16-12-11-13-17-28)52-40(50)33-34-38(48)45(24-14-9-10-15-25-46)37(41(34)26-31(42)36(33)53-41)39(49)44(23-7-2)29-19-21-30(51-5)22-20-29/h6-7,11-13,16-17,19-22,27,31,33-37,46H,1-2,8-10,14-15,18,23-26H2,3-5H3/t27-,31?,33-,34+,35+,36-,37-,41+/m0/s1. The summed E-state index contributed by atoms with van der Waals surface area (Å²) in [5, 5.41) is 9.32. The fraction of sp³-hybridized carbons (Fsp3) is 0.512. The Hall–Kier alpha value is -4.00. The Morgan fingerprint density at radius 3 is 2.42 bits per heavy atom. The number of halogens is 1. The van der Waals surface area contributed by atoms with Crippen LogP contribution in [0.5, 0.6) is 5.75 Å². The van der Waals surface area contributed by atoms with Gasteiger partial charge in [0.2, 0.25) is 11.8 Å². The van der Waals surface area contributed by atoms with E-state index in [9.17, 15) is 24.3 Å². The van der Waals surface area contributed by atoms with E-state index in [0.29, 0.717) is 42.7 Å². The zero-order chi connectivity index (χ0) is 38.3. The van der Waals surface area contributed by atoms with Crippen LogP contribution in [0.3, 0.4) is 0 Å². The monoisotopic (exact) mass is 793 g/mol. The van der Waals surface area contributed by atoms with Crippen LogP contribution in [0.1, 0.15) is 63.5 Å². The third kappa shape index (κ3) is 8.10. The number of nitrogens with zero attached hydrogens (tertiary/aromatic N) is 3. The van der Waals surface area contributed by atoms with Crippen molar-refractivity contribution in [2.45, 2.75) is 86.6 Å². The lowest BCUT2D eigenvalue weighted by molar-refractivity contribution is -0.164. The lowest BCUT2D eigenvalue weighted by Crippen LogP contribution is -2.57. The molecule has 2 bridgehead atoms. The number of unbranched alkanes of at least 4 members (excludes halogenated alkanes) is 3. The van der Waals surface area contributed by atoms with E-state index in [4.69, 9.17) is 14.2 Å². The Balaban J connectivity index is 1.50. The lowest BCUT2D eigenvalue weighted by atomic mass is 9.70. The summed E-state index contributed by atoms with van der Waals surface area (Å²) in [4.78, 5) is 61.8. The predicted molar refractivity (Wildman–Crippen MR) is 205 cm³/mol. The Kier molecular flexibility index (Phi) is 13.6. The van der Waals surface area contributed by atoms with Crippen LogP contribution in [0.2, 0.25) is 0 Å². The minimum atomic E-state index is -1.29. The molecule has 3 saturated heterocycles. The molecule has 1 spiro atoms. The van der Waals surface area contributed by atoms with E-state index in [-0.39, 0.29) is 48.7 Å². The summed E-state index contributed by atoms with van der Waals surface area (Å²) in [7, 11) is 3.26. The van der Waals surface area contributed by atoms with Crippen LogP contribution >= 0.6 is 15.9 Å². The van der Waals surface area contributed by atoms with Crippen molar-refractivity contribution in [2.24, 2.45) is 11.8 Å². The van der Waals surface area contributed by atoms with Gasteiger partial charge in [0.1, 0.15) is 23.5 Å². The third-order valence-corrected chi connectivity index (χ3v) is 11.8. The number of allylic oxidation sites excluding steroid dienone is 1. The summed E-state index contributed by atoms with van der Waals surface area (Å²) >= 11 is 3.77. The summed E-state index contributed by atoms with van der Waals surface area (Å²) in [6, 6.07) is 14.8. The van der Waals surface area contributed by atoms with Crippen LogP contribution in [0, 0.1) is 11.8 Å². The number of aliphatic hydroxyl groups is 1. The lowest BCUT2D eigenvalue weighted by Gasteiger charge is -2.37. The van der Waals surface area contributed by atoms with Gasteiger partial charge in [-0.3, -0.25) is 19.2 Å². The molecular weight excluding hydrogens is 742 g/mol. The molecule has 0 saturated carbocycles. The van der Waals surface area contributed by atoms with Crippen LogP contribution in [-0.2, 0) is 28.7 Å². The first-order valence-electron chi connectivity index (χ1n) is 18.5. The maximum atomic E-state index is 14.9. The molecule has 3 aliphatic heterocycles. The third-order valence-electron chi connectivity index (χ3n) is 10.9. The summed E-state index contributed by atoms with van der Waals surface area (Å²) in [5.41, 5.74) is 0.0240. The van der Waals surface area contributed by atoms with Gasteiger partial charge in [-0.15, -0.1) is 13.2 Å². The number of aliphatic hydroxyl groups excluding tert-OH is 1. The molecule has 2 aromatic carbocycles. The second-order valence-corrected chi connectivity index (χ2v) is 15.3. The molecule has 286 valence electrons. The highest BCUT2D eigenvalue weighted by Gasteiger charge is 2.77. The fourth-order valence-electron chi connectivity index (χ4n) is 8.15. The number of hydrogen-bond donors (Lipinski definition) is 1. The van der Waals surface area contributed by atoms with Crippen molar-refractivity contribution in [3.8, 4) is 5.75 Å². The predicted octanol–water partition coefficient (Wildman–Crippen LogP) is 5.61. The number of hydrogen-bond acceptors (Lipinski definition) is 8. The number of carbonyl (C=O) groups is 4. The first-order valence-corrected chi connectivity index (χ1v) is 19.4. The van der Waals surface area contributed by atoms with Crippen molar-refractivity contribution >= 4 is 45.3 Å². The largest absolute Gasteiger partial charge is 0.497 e. The minimum absolute atomic E-state index is 0.0837. The number of alkyl halides is 1. The molecule has 3 heterocycles. The summed E-state index contributed by atoms with van der Waals surface area (Å²) in [6.07, 6.45) is 5.70. The van der Waals surface area contributed by atoms with Gasteiger partial charge in [0, 0.05) is 43.7 Å². The van der Waals surface area contributed by atoms with Gasteiger partial charge in [0.25, 0.3) is 5.91 Å². The molecule has 0 radical (unpaired) electrons. The fourth-order valence-corrected chi connectivity index (χ4v) is 9.09. The second-order valence-electron chi connectivity index (χ2n) is 14.1. The Morgan fingerprint density at radius 1 is 1.08 bits per heavy atom. The average Bonchev–Trinajstić information content (AvgIpc) is 3.77. The molecule has 5 rings (SSSR count). The number of benzene rings is 2. The SMILES string of the molecule is C=CCCC(=O)N(C)[C@@H](C)[C@@H](OC(=O)[C@@H]1[C@H]2O[C@@]3(CC2Br)[C@H](C(=O)N(CC=C)c2ccc(OC)cc2)N(CCCCCCO)C(=O)[C@@H]13)c1ccccc1. The Labute approximate surface area is 321 Å². The van der Waals surface area contributed by atoms with E-state index in [0.717, 1.165) is 12.8 Å². The first kappa shape index (κ1) is 40.2. The zero-order valence-electron chi connectivity index (χ0n) is 30.9. The number of esters is 1. The molecule has 3 fully saturated rings. The summed E-state index contributed by atoms with van der Waals surface area (Å²) in [6.45, 7) is 10.0. The van der Waals surface area contributed by atoms with Crippen molar-refractivity contribution in [1.82, 2.24) is 9.80 Å². The Morgan fingerprint density at radius 2 is 1.77 bits per heavy atom. The van der Waals surface area contributed by atoms with Crippen LogP contribution in [0.25, 0.3) is 0 Å². The van der Waals surface area contributed by atoms with Crippen molar-refractivity contribution < 1.29 is 38.5 Å². The number of rotatable bonds is 19. The number of anilines is 1. The highest BCUT2D eigenvalue weighted by Crippen LogP contribution is 2.60. The average molecular weight is 795 g/mol. The van der Waals surface area contributed by atoms with E-state index in [2.05, 4.69) is 29.1 Å². The van der Waals surface area contributed by atoms with E-state index < -0.39 is 47.7 Å². The number of methoxy groups -OCH3 is 1. The molecule has 53 heavy (non-hydrogen) atoms. The molecule has 0 aliphatic carbocycles. The van der Waals surface area contributed by atoms with Crippen molar-refractivity contribution in [3.05, 3.63) is 85.5 Å². The van der Waals surface area contributed by atoms with Gasteiger partial charge in [0.15, 0.2) is 0 Å². The van der Waals surface area contributed by atoms with Crippen molar-refractivity contribution in [3.63, 3.8) is 0 Å². The first-order chi connectivity index (χ1) is 25.5. The molecular formula is C41H52BrN3O8. The highest BCUT2D eigenvalue weighted by molar-refractivity contribution is 9.09.